The van der Waals surface area contributed by atoms with Crippen molar-refractivity contribution in [2.75, 3.05) is 19.0 Å². The van der Waals surface area contributed by atoms with Gasteiger partial charge in [-0.3, -0.25) is 10.2 Å². The molecule has 0 bridgehead atoms. The van der Waals surface area contributed by atoms with Gasteiger partial charge in [0.2, 0.25) is 0 Å². The Morgan fingerprint density at radius 2 is 2.14 bits per heavy atom. The van der Waals surface area contributed by atoms with Crippen LogP contribution < -0.4 is 16.2 Å². The molecule has 0 aromatic heterocycles. The van der Waals surface area contributed by atoms with Crippen LogP contribution in [0.2, 0.25) is 0 Å². The molecule has 0 fully saturated rings. The fraction of sp³-hybridized carbons (Fsp3) is 0.222. The third-order valence-electron chi connectivity index (χ3n) is 1.87. The van der Waals surface area contributed by atoms with E-state index in [0.29, 0.717) is 0 Å². The van der Waals surface area contributed by atoms with E-state index >= 15 is 0 Å². The highest BCUT2D eigenvalue weighted by Gasteiger charge is 2.10. The van der Waals surface area contributed by atoms with Gasteiger partial charge in [-0.25, -0.2) is 5.84 Å². The molecule has 1 amide bonds. The van der Waals surface area contributed by atoms with Crippen LogP contribution in [0.15, 0.2) is 18.2 Å². The second kappa shape index (κ2) is 3.97. The number of anilines is 1. The minimum atomic E-state index is -0.508. The zero-order chi connectivity index (χ0) is 10.7. The largest absolute Gasteiger partial charge is 0.507 e. The second-order valence-corrected chi connectivity index (χ2v) is 3.07. The number of carbonyl (C=O) groups excluding carboxylic acids is 1. The number of carbonyl (C=O) groups is 1. The number of nitrogens with two attached hydrogens (primary N) is 1. The van der Waals surface area contributed by atoms with Gasteiger partial charge in [0, 0.05) is 19.8 Å². The molecule has 0 spiro atoms. The number of nitrogen functional groups attached to an aromatic ring is 1. The van der Waals surface area contributed by atoms with Crippen molar-refractivity contribution in [3.05, 3.63) is 23.8 Å². The van der Waals surface area contributed by atoms with Crippen LogP contribution >= 0.6 is 0 Å². The summed E-state index contributed by atoms with van der Waals surface area (Å²) in [6, 6.07) is 4.74. The van der Waals surface area contributed by atoms with Gasteiger partial charge in [0.25, 0.3) is 5.91 Å². The van der Waals surface area contributed by atoms with Gasteiger partial charge >= 0.3 is 0 Å². The minimum absolute atomic E-state index is 0.0847. The van der Waals surface area contributed by atoms with Crippen LogP contribution in [0, 0.1) is 0 Å². The lowest BCUT2D eigenvalue weighted by Crippen LogP contribution is -2.30. The van der Waals surface area contributed by atoms with Crippen molar-refractivity contribution < 1.29 is 9.90 Å². The summed E-state index contributed by atoms with van der Waals surface area (Å²) in [6.07, 6.45) is 0. The first-order valence-corrected chi connectivity index (χ1v) is 4.07. The summed E-state index contributed by atoms with van der Waals surface area (Å²) in [5.74, 6) is 4.38. The number of hydrogen-bond acceptors (Lipinski definition) is 4. The normalized spacial score (nSPS) is 9.64. The highest BCUT2D eigenvalue weighted by Crippen LogP contribution is 2.22. The number of aromatic hydroxyl groups is 1. The maximum absolute atomic E-state index is 11.2. The van der Waals surface area contributed by atoms with Crippen molar-refractivity contribution in [2.45, 2.75) is 0 Å². The van der Waals surface area contributed by atoms with E-state index in [1.807, 2.05) is 24.4 Å². The van der Waals surface area contributed by atoms with Gasteiger partial charge in [0.05, 0.1) is 5.56 Å². The van der Waals surface area contributed by atoms with Crippen molar-refractivity contribution in [1.29, 1.82) is 0 Å². The number of rotatable bonds is 2. The number of nitrogens with zero attached hydrogens (tertiary/aromatic N) is 1. The van der Waals surface area contributed by atoms with Crippen molar-refractivity contribution in [3.63, 3.8) is 0 Å². The molecule has 0 aliphatic rings. The first-order valence-electron chi connectivity index (χ1n) is 4.07. The van der Waals surface area contributed by atoms with E-state index in [9.17, 15) is 9.90 Å². The van der Waals surface area contributed by atoms with E-state index in [1.54, 1.807) is 12.1 Å². The fourth-order valence-corrected chi connectivity index (χ4v) is 1.06. The van der Waals surface area contributed by atoms with E-state index in [4.69, 9.17) is 5.84 Å². The third kappa shape index (κ3) is 1.94. The summed E-state index contributed by atoms with van der Waals surface area (Å²) in [5.41, 5.74) is 2.96. The number of hydrogen-bond donors (Lipinski definition) is 3. The summed E-state index contributed by atoms with van der Waals surface area (Å²) in [7, 11) is 3.69. The van der Waals surface area contributed by atoms with E-state index < -0.39 is 5.91 Å². The predicted octanol–water partition coefficient (Wildman–Crippen LogP) is 0.0617. The average Bonchev–Trinajstić information content (AvgIpc) is 2.17. The molecule has 0 atom stereocenters. The lowest BCUT2D eigenvalue weighted by atomic mass is 10.1. The topological polar surface area (TPSA) is 78.6 Å². The third-order valence-corrected chi connectivity index (χ3v) is 1.87. The molecule has 76 valence electrons. The van der Waals surface area contributed by atoms with Crippen molar-refractivity contribution in [2.24, 2.45) is 5.84 Å². The van der Waals surface area contributed by atoms with Crippen LogP contribution in [0.5, 0.6) is 5.75 Å². The van der Waals surface area contributed by atoms with Crippen LogP contribution in [0.1, 0.15) is 10.4 Å². The van der Waals surface area contributed by atoms with Gasteiger partial charge in [-0.2, -0.15) is 0 Å². The van der Waals surface area contributed by atoms with Crippen molar-refractivity contribution >= 4 is 11.6 Å². The van der Waals surface area contributed by atoms with Gasteiger partial charge in [-0.05, 0) is 18.2 Å². The zero-order valence-corrected chi connectivity index (χ0v) is 8.11. The predicted molar refractivity (Wildman–Crippen MR) is 54.1 cm³/mol. The number of phenolic OH excluding ortho intramolecular Hbond substituents is 1. The molecule has 0 unspecified atom stereocenters. The van der Waals surface area contributed by atoms with Gasteiger partial charge in [0.15, 0.2) is 0 Å². The summed E-state index contributed by atoms with van der Waals surface area (Å²) in [4.78, 5) is 13.0. The number of hydrazine groups is 1. The molecule has 5 heteroatoms. The summed E-state index contributed by atoms with van der Waals surface area (Å²) < 4.78 is 0. The van der Waals surface area contributed by atoms with Gasteiger partial charge < -0.3 is 10.0 Å². The number of phenols is 1. The Bertz CT molecular complexity index is 350. The van der Waals surface area contributed by atoms with Crippen molar-refractivity contribution in [1.82, 2.24) is 5.43 Å². The van der Waals surface area contributed by atoms with E-state index in [-0.39, 0.29) is 11.3 Å². The Labute approximate surface area is 82.1 Å². The summed E-state index contributed by atoms with van der Waals surface area (Å²) >= 11 is 0. The highest BCUT2D eigenvalue weighted by molar-refractivity contribution is 5.97. The smallest absolute Gasteiger partial charge is 0.269 e. The SMILES string of the molecule is CN(C)c1ccc(O)c(C(=O)NN)c1. The molecule has 0 aliphatic heterocycles. The maximum atomic E-state index is 11.2. The van der Waals surface area contributed by atoms with Crippen LogP contribution in [0.4, 0.5) is 5.69 Å². The molecule has 1 aromatic rings. The molecule has 0 saturated carbocycles. The molecular formula is C9H13N3O2. The van der Waals surface area contributed by atoms with Gasteiger partial charge in [-0.1, -0.05) is 0 Å². The molecular weight excluding hydrogens is 182 g/mol. The molecule has 14 heavy (non-hydrogen) atoms. The maximum Gasteiger partial charge on any atom is 0.269 e. The van der Waals surface area contributed by atoms with Gasteiger partial charge in [0.1, 0.15) is 5.75 Å². The van der Waals surface area contributed by atoms with E-state index in [0.717, 1.165) is 5.69 Å². The molecule has 0 aliphatic carbocycles. The standard InChI is InChI=1S/C9H13N3O2/c1-12(2)6-3-4-8(13)7(5-6)9(14)11-10/h3-5,13H,10H2,1-2H3,(H,11,14). The molecule has 5 nitrogen and oxygen atoms in total. The van der Waals surface area contributed by atoms with Crippen LogP contribution in [-0.4, -0.2) is 25.1 Å². The minimum Gasteiger partial charge on any atom is -0.507 e. The molecule has 0 heterocycles. The lowest BCUT2D eigenvalue weighted by molar-refractivity contribution is 0.0951. The Morgan fingerprint density at radius 1 is 1.50 bits per heavy atom. The molecule has 1 aromatic carbocycles. The number of amides is 1. The first kappa shape index (κ1) is 10.3. The lowest BCUT2D eigenvalue weighted by Gasteiger charge is -2.13. The van der Waals surface area contributed by atoms with Crippen molar-refractivity contribution in [3.8, 4) is 5.75 Å². The Balaban J connectivity index is 3.15. The molecule has 0 radical (unpaired) electrons. The first-order chi connectivity index (χ1) is 6.56. The Hall–Kier alpha value is -1.75. The number of benzene rings is 1. The average molecular weight is 195 g/mol. The highest BCUT2D eigenvalue weighted by atomic mass is 16.3. The van der Waals surface area contributed by atoms with Crippen LogP contribution in [0.3, 0.4) is 0 Å². The van der Waals surface area contributed by atoms with Crippen LogP contribution in [-0.2, 0) is 0 Å². The monoisotopic (exact) mass is 195 g/mol. The summed E-state index contributed by atoms with van der Waals surface area (Å²) in [6.45, 7) is 0. The second-order valence-electron chi connectivity index (χ2n) is 3.07. The fourth-order valence-electron chi connectivity index (χ4n) is 1.06. The summed E-state index contributed by atoms with van der Waals surface area (Å²) in [5, 5.41) is 9.38. The molecule has 4 N–H and O–H groups in total. The molecule has 1 rings (SSSR count). The van der Waals surface area contributed by atoms with E-state index in [1.165, 1.54) is 6.07 Å². The molecule has 0 saturated heterocycles. The van der Waals surface area contributed by atoms with Crippen LogP contribution in [0.25, 0.3) is 0 Å². The van der Waals surface area contributed by atoms with E-state index in [2.05, 4.69) is 0 Å². The Morgan fingerprint density at radius 3 is 2.64 bits per heavy atom. The number of nitrogens with one attached hydrogen (secondary N) is 1. The zero-order valence-electron chi connectivity index (χ0n) is 8.11. The quantitative estimate of drug-likeness (QED) is 0.354. The Kier molecular flexibility index (Phi) is 2.93. The van der Waals surface area contributed by atoms with Gasteiger partial charge in [-0.15, -0.1) is 0 Å².